The van der Waals surface area contributed by atoms with Gasteiger partial charge in [-0.2, -0.15) is 0 Å². The molecule has 0 bridgehead atoms. The number of quaternary nitrogens is 1. The van der Waals surface area contributed by atoms with Crippen LogP contribution in [0.5, 0.6) is 0 Å². The quantitative estimate of drug-likeness (QED) is 0.0883. The highest BCUT2D eigenvalue weighted by Crippen LogP contribution is 2.13. The van der Waals surface area contributed by atoms with Crippen molar-refractivity contribution in [2.75, 3.05) is 80.5 Å². The number of ether oxygens (including phenoxy) is 4. The molecule has 1 N–H and O–H groups in total. The Hall–Kier alpha value is -0.240. The molecule has 0 aliphatic rings. The number of likely N-dealkylation sites (N-methyl/N-ethyl adjacent to an activating group) is 1. The summed E-state index contributed by atoms with van der Waals surface area (Å²) in [5, 5.41) is 9.94. The van der Waals surface area contributed by atoms with Crippen molar-refractivity contribution in [2.45, 2.75) is 116 Å². The summed E-state index contributed by atoms with van der Waals surface area (Å²) in [7, 11) is 6.45. The number of aliphatic hydroxyl groups excluding tert-OH is 1. The lowest BCUT2D eigenvalue weighted by molar-refractivity contribution is -0.870. The van der Waals surface area contributed by atoms with Gasteiger partial charge in [0.2, 0.25) is 0 Å². The maximum Gasteiger partial charge on any atom is 0.102 e. The fourth-order valence-electron chi connectivity index (χ4n) is 4.02. The molecule has 0 aliphatic heterocycles. The molecule has 36 heavy (non-hydrogen) atoms. The molecule has 6 nitrogen and oxygen atoms in total. The van der Waals surface area contributed by atoms with E-state index in [-0.39, 0.29) is 0 Å². The summed E-state index contributed by atoms with van der Waals surface area (Å²) < 4.78 is 23.0. The molecule has 0 spiro atoms. The van der Waals surface area contributed by atoms with Crippen LogP contribution in [0.1, 0.15) is 110 Å². The number of hydrogen-bond acceptors (Lipinski definition) is 5. The number of unbranched alkanes of at least 4 members (excludes halogenated alkanes) is 15. The fourth-order valence-corrected chi connectivity index (χ4v) is 4.02. The van der Waals surface area contributed by atoms with Gasteiger partial charge in [-0.1, -0.05) is 103 Å². The zero-order valence-corrected chi connectivity index (χ0v) is 24.8. The second-order valence-electron chi connectivity index (χ2n) is 11.3. The van der Waals surface area contributed by atoms with Crippen LogP contribution in [0.2, 0.25) is 0 Å². The number of hydrogen-bond donors (Lipinski definition) is 1. The average Bonchev–Trinajstić information content (AvgIpc) is 2.83. The molecule has 0 radical (unpaired) electrons. The fraction of sp³-hybridized carbons (Fsp3) is 1.00. The Balaban J connectivity index is 3.16. The molecule has 0 saturated carbocycles. The highest BCUT2D eigenvalue weighted by atomic mass is 16.5. The van der Waals surface area contributed by atoms with Gasteiger partial charge in [0.15, 0.2) is 0 Å². The molecule has 1 unspecified atom stereocenters. The van der Waals surface area contributed by atoms with Gasteiger partial charge in [0, 0.05) is 6.61 Å². The number of rotatable bonds is 30. The van der Waals surface area contributed by atoms with Gasteiger partial charge in [-0.25, -0.2) is 0 Å². The monoisotopic (exact) mass is 518 g/mol. The molecule has 0 aliphatic carbocycles. The lowest BCUT2D eigenvalue weighted by atomic mass is 10.0. The van der Waals surface area contributed by atoms with E-state index >= 15 is 0 Å². The Kier molecular flexibility index (Phi) is 27.6. The average molecular weight is 519 g/mol. The third-order valence-corrected chi connectivity index (χ3v) is 6.41. The second-order valence-corrected chi connectivity index (χ2v) is 11.3. The van der Waals surface area contributed by atoms with Gasteiger partial charge in [-0.15, -0.1) is 0 Å². The second kappa shape index (κ2) is 27.8. The van der Waals surface area contributed by atoms with Crippen LogP contribution in [0.15, 0.2) is 0 Å². The Morgan fingerprint density at radius 3 is 1.28 bits per heavy atom. The van der Waals surface area contributed by atoms with Gasteiger partial charge in [0.25, 0.3) is 0 Å². The summed E-state index contributed by atoms with van der Waals surface area (Å²) in [4.78, 5) is 0. The third-order valence-electron chi connectivity index (χ3n) is 6.41. The van der Waals surface area contributed by atoms with Gasteiger partial charge in [0.1, 0.15) is 12.6 Å². The normalized spacial score (nSPS) is 12.9. The zero-order valence-electron chi connectivity index (χ0n) is 24.8. The third kappa shape index (κ3) is 31.8. The van der Waals surface area contributed by atoms with Gasteiger partial charge in [-0.3, -0.25) is 0 Å². The first-order chi connectivity index (χ1) is 17.5. The summed E-state index contributed by atoms with van der Waals surface area (Å²) >= 11 is 0. The molecule has 0 aromatic rings. The summed E-state index contributed by atoms with van der Waals surface area (Å²) in [6.45, 7) is 7.57. The molecule has 0 aromatic heterocycles. The molecule has 0 saturated heterocycles. The van der Waals surface area contributed by atoms with E-state index in [4.69, 9.17) is 18.9 Å². The maximum atomic E-state index is 9.94. The van der Waals surface area contributed by atoms with E-state index in [0.29, 0.717) is 39.6 Å². The van der Waals surface area contributed by atoms with Crippen molar-refractivity contribution >= 4 is 0 Å². The van der Waals surface area contributed by atoms with Crippen LogP contribution in [0, 0.1) is 0 Å². The minimum Gasteiger partial charge on any atom is -0.388 e. The van der Waals surface area contributed by atoms with Gasteiger partial charge in [-0.05, 0) is 6.42 Å². The lowest BCUT2D eigenvalue weighted by Gasteiger charge is -2.23. The Morgan fingerprint density at radius 1 is 0.472 bits per heavy atom. The predicted octanol–water partition coefficient (Wildman–Crippen LogP) is 6.38. The minimum atomic E-state index is -0.565. The van der Waals surface area contributed by atoms with Crippen molar-refractivity contribution in [3.05, 3.63) is 0 Å². The van der Waals surface area contributed by atoms with Gasteiger partial charge < -0.3 is 28.5 Å². The molecule has 0 fully saturated rings. The first-order valence-electron chi connectivity index (χ1n) is 15.2. The largest absolute Gasteiger partial charge is 0.388 e. The molecule has 0 amide bonds. The zero-order chi connectivity index (χ0) is 26.6. The Morgan fingerprint density at radius 2 is 0.833 bits per heavy atom. The molecular weight excluding hydrogens is 454 g/mol. The van der Waals surface area contributed by atoms with E-state index in [9.17, 15) is 5.11 Å². The summed E-state index contributed by atoms with van der Waals surface area (Å²) in [6.07, 6.45) is 21.4. The van der Waals surface area contributed by atoms with E-state index in [0.717, 1.165) is 30.7 Å². The number of aliphatic hydroxyl groups is 1. The molecular formula is C30H64NO5+. The highest BCUT2D eigenvalue weighted by molar-refractivity contribution is 4.53. The first-order valence-corrected chi connectivity index (χ1v) is 15.2. The summed E-state index contributed by atoms with van der Waals surface area (Å²) in [5.74, 6) is 0. The van der Waals surface area contributed by atoms with Crippen LogP contribution in [-0.4, -0.2) is 96.2 Å². The lowest BCUT2D eigenvalue weighted by Crippen LogP contribution is -2.37. The van der Waals surface area contributed by atoms with Crippen molar-refractivity contribution in [1.29, 1.82) is 0 Å². The molecule has 218 valence electrons. The molecule has 0 heterocycles. The Bertz CT molecular complexity index is 417. The van der Waals surface area contributed by atoms with Crippen LogP contribution in [0.3, 0.4) is 0 Å². The van der Waals surface area contributed by atoms with E-state index in [1.807, 2.05) is 0 Å². The van der Waals surface area contributed by atoms with Crippen molar-refractivity contribution < 1.29 is 28.5 Å². The molecule has 6 heteroatoms. The number of nitrogens with zero attached hydrogens (tertiary/aromatic N) is 1. The van der Waals surface area contributed by atoms with E-state index in [1.54, 1.807) is 0 Å². The Labute approximate surface area is 225 Å². The molecule has 0 aromatic carbocycles. The van der Waals surface area contributed by atoms with Crippen LogP contribution in [-0.2, 0) is 18.9 Å². The van der Waals surface area contributed by atoms with E-state index in [1.165, 1.54) is 96.3 Å². The van der Waals surface area contributed by atoms with Gasteiger partial charge >= 0.3 is 0 Å². The summed E-state index contributed by atoms with van der Waals surface area (Å²) in [6, 6.07) is 0. The summed E-state index contributed by atoms with van der Waals surface area (Å²) in [5.41, 5.74) is 0. The van der Waals surface area contributed by atoms with Crippen molar-refractivity contribution in [3.8, 4) is 0 Å². The van der Waals surface area contributed by atoms with Crippen molar-refractivity contribution in [1.82, 2.24) is 0 Å². The van der Waals surface area contributed by atoms with Crippen LogP contribution < -0.4 is 0 Å². The smallest absolute Gasteiger partial charge is 0.102 e. The van der Waals surface area contributed by atoms with Crippen LogP contribution >= 0.6 is 0 Å². The highest BCUT2D eigenvalue weighted by Gasteiger charge is 2.06. The van der Waals surface area contributed by atoms with E-state index < -0.39 is 6.10 Å². The van der Waals surface area contributed by atoms with Crippen LogP contribution in [0.4, 0.5) is 0 Å². The predicted molar refractivity (Wildman–Crippen MR) is 152 cm³/mol. The van der Waals surface area contributed by atoms with Crippen molar-refractivity contribution in [3.63, 3.8) is 0 Å². The standard InChI is InChI=1S/C30H64NO5/c1-5-6-7-8-9-10-11-12-13-14-15-16-17-18-19-20-22-35-28-30(32)29-36-27-26-34-25-24-33-23-21-31(2,3)4/h30,32H,5-29H2,1-4H3/q+1. The van der Waals surface area contributed by atoms with Crippen LogP contribution in [0.25, 0.3) is 0 Å². The topological polar surface area (TPSA) is 57.2 Å². The minimum absolute atomic E-state index is 0.294. The maximum absolute atomic E-state index is 9.94. The molecule has 1 atom stereocenters. The SMILES string of the molecule is CCCCCCCCCCCCCCCCCCOCC(O)COCCOCCOCC[N+](C)(C)C. The van der Waals surface area contributed by atoms with E-state index in [2.05, 4.69) is 28.1 Å². The van der Waals surface area contributed by atoms with Gasteiger partial charge in [0.05, 0.1) is 67.4 Å². The first kappa shape index (κ1) is 35.8. The molecule has 0 rings (SSSR count). The van der Waals surface area contributed by atoms with Crippen molar-refractivity contribution in [2.24, 2.45) is 0 Å².